The van der Waals surface area contributed by atoms with Gasteiger partial charge in [0.15, 0.2) is 11.3 Å². The Balaban J connectivity index is 0.000000173. The van der Waals surface area contributed by atoms with Gasteiger partial charge in [-0.2, -0.15) is 10.2 Å². The fourth-order valence-electron chi connectivity index (χ4n) is 8.79. The molecular weight excluding hydrogens is 857 g/mol. The van der Waals surface area contributed by atoms with Crippen molar-refractivity contribution in [2.45, 2.75) is 91.3 Å². The molecule has 1 amide bonds. The summed E-state index contributed by atoms with van der Waals surface area (Å²) in [5, 5.41) is 22.3. The van der Waals surface area contributed by atoms with Crippen molar-refractivity contribution in [3.05, 3.63) is 120 Å². The minimum atomic E-state index is -0.508. The number of halogens is 1. The van der Waals surface area contributed by atoms with E-state index in [1.54, 1.807) is 17.6 Å². The summed E-state index contributed by atoms with van der Waals surface area (Å²) in [6.07, 6.45) is 10.6. The number of anilines is 2. The zero-order valence-corrected chi connectivity index (χ0v) is 38.9. The third kappa shape index (κ3) is 9.58. The standard InChI is InChI=1S/C26H29N5O.C23H28BrN5O2/c1-17-12-27-13-18(2)31(17)24-9-7-20(8-10-24)23-14-28-26-25(15-29-30(26)16-23)22-6-4-5-21(11-22)19(3)32;1-15-12-27(22(30)31-23(3,4)5)13-16(2)29(15)19-8-6-17(7-9-19)18-10-25-21-20(24)11-26-28(21)14-18/h4-11,14-19,27,32H,12-13H2,1-3H3;6-11,14-16H,12-13H2,1-5H3/t17-,18+,19?;15-,16+. The highest BCUT2D eigenvalue weighted by molar-refractivity contribution is 9.10. The second kappa shape index (κ2) is 18.1. The Bertz CT molecular complexity index is 2670. The van der Waals surface area contributed by atoms with E-state index in [1.165, 1.54) is 5.69 Å². The maximum Gasteiger partial charge on any atom is 0.410 e. The maximum absolute atomic E-state index is 12.5. The SMILES string of the molecule is CC(O)c1cccc(-c2cnn3cc(-c4ccc(N5[C@H](C)CNC[C@@H]5C)cc4)cnc23)c1.C[C@@H]1CN(C(=O)OC(C)(C)C)C[C@H](C)N1c1ccc(-c2cnc3c(Br)cnn3c2)cc1. The minimum absolute atomic E-state index is 0.182. The summed E-state index contributed by atoms with van der Waals surface area (Å²) in [5.74, 6) is 0. The molecule has 4 aromatic heterocycles. The molecule has 2 aliphatic heterocycles. The molecule has 2 fully saturated rings. The molecule has 0 aliphatic carbocycles. The van der Waals surface area contributed by atoms with Crippen LogP contribution in [0.5, 0.6) is 0 Å². The van der Waals surface area contributed by atoms with Crippen molar-refractivity contribution in [3.8, 4) is 33.4 Å². The van der Waals surface area contributed by atoms with Crippen molar-refractivity contribution < 1.29 is 14.6 Å². The first-order valence-corrected chi connectivity index (χ1v) is 22.5. The second-order valence-electron chi connectivity index (χ2n) is 17.9. The number of amides is 1. The Kier molecular flexibility index (Phi) is 12.6. The predicted octanol–water partition coefficient (Wildman–Crippen LogP) is 9.30. The molecule has 7 aromatic rings. The zero-order valence-electron chi connectivity index (χ0n) is 37.3. The lowest BCUT2D eigenvalue weighted by molar-refractivity contribution is 0.0193. The van der Waals surface area contributed by atoms with Gasteiger partial charge in [-0.25, -0.2) is 23.8 Å². The molecule has 0 saturated carbocycles. The quantitative estimate of drug-likeness (QED) is 0.167. The largest absolute Gasteiger partial charge is 0.444 e. The Morgan fingerprint density at radius 3 is 1.79 bits per heavy atom. The van der Waals surface area contributed by atoms with Crippen LogP contribution in [0.15, 0.2) is 114 Å². The molecule has 63 heavy (non-hydrogen) atoms. The first kappa shape index (κ1) is 43.8. The van der Waals surface area contributed by atoms with Crippen LogP contribution >= 0.6 is 15.9 Å². The summed E-state index contributed by atoms with van der Waals surface area (Å²) >= 11 is 3.46. The average Bonchev–Trinajstić information content (AvgIpc) is 3.86. The van der Waals surface area contributed by atoms with Crippen LogP contribution in [0.25, 0.3) is 44.7 Å². The average molecular weight is 914 g/mol. The Morgan fingerprint density at radius 1 is 0.714 bits per heavy atom. The maximum atomic E-state index is 12.5. The number of nitrogens with one attached hydrogen (secondary N) is 1. The Labute approximate surface area is 377 Å². The molecule has 3 aromatic carbocycles. The van der Waals surface area contributed by atoms with Crippen LogP contribution in [0.4, 0.5) is 16.2 Å². The molecule has 0 bridgehead atoms. The van der Waals surface area contributed by atoms with Crippen LogP contribution in [0.3, 0.4) is 0 Å². The number of aliphatic hydroxyl groups excluding tert-OH is 1. The molecule has 9 rings (SSSR count). The monoisotopic (exact) mass is 912 g/mol. The van der Waals surface area contributed by atoms with Gasteiger partial charge in [-0.05, 0) is 124 Å². The van der Waals surface area contributed by atoms with Crippen molar-refractivity contribution in [1.82, 2.24) is 39.4 Å². The summed E-state index contributed by atoms with van der Waals surface area (Å²) in [7, 11) is 0. The van der Waals surface area contributed by atoms with Crippen molar-refractivity contribution >= 4 is 44.7 Å². The molecule has 1 unspecified atom stereocenters. The van der Waals surface area contributed by atoms with Crippen molar-refractivity contribution in [2.24, 2.45) is 0 Å². The van der Waals surface area contributed by atoms with Crippen molar-refractivity contribution in [1.29, 1.82) is 0 Å². The van der Waals surface area contributed by atoms with Gasteiger partial charge in [-0.1, -0.05) is 42.5 Å². The predicted molar refractivity (Wildman–Crippen MR) is 254 cm³/mol. The minimum Gasteiger partial charge on any atom is -0.444 e. The van der Waals surface area contributed by atoms with Gasteiger partial charge in [0, 0.05) is 103 Å². The number of carbonyl (C=O) groups excluding carboxylic acids is 1. The molecule has 13 nitrogen and oxygen atoms in total. The van der Waals surface area contributed by atoms with Gasteiger partial charge >= 0.3 is 6.09 Å². The summed E-state index contributed by atoms with van der Waals surface area (Å²) < 4.78 is 10.0. The number of nitrogens with zero attached hydrogens (tertiary/aromatic N) is 9. The lowest BCUT2D eigenvalue weighted by Gasteiger charge is -2.45. The number of hydrogen-bond donors (Lipinski definition) is 2. The molecule has 14 heteroatoms. The summed E-state index contributed by atoms with van der Waals surface area (Å²) in [5.41, 5.74) is 10.6. The van der Waals surface area contributed by atoms with Gasteiger partial charge in [-0.15, -0.1) is 0 Å². The number of carbonyl (C=O) groups is 1. The highest BCUT2D eigenvalue weighted by Crippen LogP contribution is 2.31. The lowest BCUT2D eigenvalue weighted by Crippen LogP contribution is -2.58. The molecule has 2 aliphatic rings. The lowest BCUT2D eigenvalue weighted by atomic mass is 10.0. The molecule has 0 radical (unpaired) electrons. The Morgan fingerprint density at radius 2 is 1.24 bits per heavy atom. The molecule has 5 atom stereocenters. The topological polar surface area (TPSA) is 129 Å². The fraction of sp³-hybridized carbons (Fsp3) is 0.367. The van der Waals surface area contributed by atoms with Gasteiger partial charge in [-0.3, -0.25) is 0 Å². The van der Waals surface area contributed by atoms with E-state index in [4.69, 9.17) is 9.72 Å². The Hall–Kier alpha value is -5.83. The number of aliphatic hydroxyl groups is 1. The van der Waals surface area contributed by atoms with E-state index in [9.17, 15) is 9.90 Å². The number of benzene rings is 3. The van der Waals surface area contributed by atoms with Gasteiger partial charge in [0.1, 0.15) is 5.60 Å². The molecular formula is C49H57BrN10O3. The molecule has 6 heterocycles. The van der Waals surface area contributed by atoms with E-state index < -0.39 is 11.7 Å². The van der Waals surface area contributed by atoms with E-state index in [-0.39, 0.29) is 18.2 Å². The fourth-order valence-corrected chi connectivity index (χ4v) is 9.16. The van der Waals surface area contributed by atoms with Crippen LogP contribution in [0.1, 0.15) is 67.1 Å². The first-order chi connectivity index (χ1) is 30.1. The summed E-state index contributed by atoms with van der Waals surface area (Å²) in [6.45, 7) is 19.6. The summed E-state index contributed by atoms with van der Waals surface area (Å²) in [6, 6.07) is 26.4. The van der Waals surface area contributed by atoms with E-state index in [1.807, 2.05) is 85.4 Å². The van der Waals surface area contributed by atoms with Crippen LogP contribution in [0.2, 0.25) is 0 Å². The normalized spacial score (nSPS) is 19.8. The van der Waals surface area contributed by atoms with Gasteiger partial charge in [0.25, 0.3) is 0 Å². The molecule has 328 valence electrons. The van der Waals surface area contributed by atoms with E-state index >= 15 is 0 Å². The number of piperazine rings is 2. The number of ether oxygens (including phenoxy) is 1. The first-order valence-electron chi connectivity index (χ1n) is 21.7. The van der Waals surface area contributed by atoms with Gasteiger partial charge in [0.2, 0.25) is 0 Å². The number of aromatic nitrogens is 6. The third-order valence-electron chi connectivity index (χ3n) is 11.7. The number of hydrogen-bond acceptors (Lipinski definition) is 10. The molecule has 0 spiro atoms. The zero-order chi connectivity index (χ0) is 44.6. The smallest absolute Gasteiger partial charge is 0.410 e. The van der Waals surface area contributed by atoms with Crippen molar-refractivity contribution in [3.63, 3.8) is 0 Å². The third-order valence-corrected chi connectivity index (χ3v) is 12.3. The van der Waals surface area contributed by atoms with E-state index in [0.29, 0.717) is 25.2 Å². The van der Waals surface area contributed by atoms with E-state index in [0.717, 1.165) is 73.5 Å². The van der Waals surface area contributed by atoms with Crippen molar-refractivity contribution in [2.75, 3.05) is 36.0 Å². The van der Waals surface area contributed by atoms with Gasteiger partial charge < -0.3 is 29.9 Å². The highest BCUT2D eigenvalue weighted by Gasteiger charge is 2.34. The molecule has 2 saturated heterocycles. The van der Waals surface area contributed by atoms with E-state index in [2.05, 4.69) is 122 Å². The molecule has 2 N–H and O–H groups in total. The summed E-state index contributed by atoms with van der Waals surface area (Å²) in [4.78, 5) is 28.4. The highest BCUT2D eigenvalue weighted by atomic mass is 79.9. The second-order valence-corrected chi connectivity index (χ2v) is 18.8. The van der Waals surface area contributed by atoms with Crippen LogP contribution in [-0.4, -0.2) is 101 Å². The van der Waals surface area contributed by atoms with Gasteiger partial charge in [0.05, 0.1) is 23.0 Å². The van der Waals surface area contributed by atoms with Crippen LogP contribution in [0, 0.1) is 0 Å². The number of rotatable bonds is 6. The van der Waals surface area contributed by atoms with Crippen LogP contribution in [-0.2, 0) is 4.74 Å². The van der Waals surface area contributed by atoms with Crippen LogP contribution < -0.4 is 15.1 Å². The number of fused-ring (bicyclic) bond motifs is 2.